The normalized spacial score (nSPS) is 10.6. The third-order valence-corrected chi connectivity index (χ3v) is 3.51. The molecule has 112 valence electrons. The number of nitro groups is 1. The smallest absolute Gasteiger partial charge is 0.292 e. The molecule has 0 atom stereocenters. The van der Waals surface area contributed by atoms with Crippen molar-refractivity contribution < 1.29 is 14.4 Å². The van der Waals surface area contributed by atoms with Gasteiger partial charge in [0.05, 0.1) is 18.1 Å². The van der Waals surface area contributed by atoms with Crippen LogP contribution in [0.1, 0.15) is 5.56 Å². The van der Waals surface area contributed by atoms with E-state index in [1.165, 1.54) is 0 Å². The van der Waals surface area contributed by atoms with E-state index in [0.717, 1.165) is 5.56 Å². The van der Waals surface area contributed by atoms with Crippen LogP contribution in [0.4, 0.5) is 11.4 Å². The number of hydrogen-bond acceptors (Lipinski definition) is 5. The number of halogens is 1. The maximum atomic E-state index is 11.2. The summed E-state index contributed by atoms with van der Waals surface area (Å²) in [6.07, 6.45) is 0. The van der Waals surface area contributed by atoms with Gasteiger partial charge in [-0.1, -0.05) is 22.0 Å². The number of hydrogen-bond donors (Lipinski definition) is 0. The summed E-state index contributed by atoms with van der Waals surface area (Å²) < 4.78 is 10.1. The summed E-state index contributed by atoms with van der Waals surface area (Å²) in [5.41, 5.74) is 1.57. The van der Waals surface area contributed by atoms with Crippen LogP contribution >= 0.6 is 15.9 Å². The zero-order valence-corrected chi connectivity index (χ0v) is 13.3. The van der Waals surface area contributed by atoms with Crippen molar-refractivity contribution in [3.8, 4) is 0 Å². The van der Waals surface area contributed by atoms with Gasteiger partial charge < -0.3 is 14.4 Å². The van der Waals surface area contributed by atoms with E-state index < -0.39 is 0 Å². The first kappa shape index (κ1) is 16.9. The molecule has 0 heterocycles. The largest absolute Gasteiger partial charge is 0.383 e. The molecular weight excluding hydrogens is 328 g/mol. The highest BCUT2D eigenvalue weighted by molar-refractivity contribution is 9.08. The fourth-order valence-corrected chi connectivity index (χ4v) is 2.17. The topological polar surface area (TPSA) is 64.8 Å². The molecule has 0 amide bonds. The van der Waals surface area contributed by atoms with Gasteiger partial charge in [0.25, 0.3) is 5.69 Å². The van der Waals surface area contributed by atoms with E-state index in [2.05, 4.69) is 15.9 Å². The summed E-state index contributed by atoms with van der Waals surface area (Å²) in [5.74, 6) is 0. The predicted molar refractivity (Wildman–Crippen MR) is 81.7 cm³/mol. The fourth-order valence-electron chi connectivity index (χ4n) is 1.82. The van der Waals surface area contributed by atoms with Gasteiger partial charge in [-0.2, -0.15) is 0 Å². The summed E-state index contributed by atoms with van der Waals surface area (Å²) >= 11 is 3.31. The van der Waals surface area contributed by atoms with Crippen LogP contribution in [0, 0.1) is 10.1 Å². The van der Waals surface area contributed by atoms with Gasteiger partial charge in [0, 0.05) is 38.7 Å². The second-order valence-corrected chi connectivity index (χ2v) is 4.75. The molecule has 0 spiro atoms. The van der Waals surface area contributed by atoms with Crippen molar-refractivity contribution in [1.29, 1.82) is 0 Å². The maximum Gasteiger partial charge on any atom is 0.292 e. The van der Waals surface area contributed by atoms with E-state index in [0.29, 0.717) is 37.3 Å². The van der Waals surface area contributed by atoms with E-state index in [-0.39, 0.29) is 10.6 Å². The summed E-state index contributed by atoms with van der Waals surface area (Å²) in [4.78, 5) is 12.8. The van der Waals surface area contributed by atoms with Crippen molar-refractivity contribution in [2.24, 2.45) is 0 Å². The molecule has 0 N–H and O–H groups in total. The Kier molecular flexibility index (Phi) is 7.50. The average Bonchev–Trinajstić information content (AvgIpc) is 2.47. The second kappa shape index (κ2) is 8.89. The number of methoxy groups -OCH3 is 2. The van der Waals surface area contributed by atoms with Gasteiger partial charge in [-0.25, -0.2) is 0 Å². The number of ether oxygens (including phenoxy) is 2. The first-order chi connectivity index (χ1) is 9.63. The molecule has 0 aromatic heterocycles. The molecule has 0 saturated heterocycles. The van der Waals surface area contributed by atoms with Gasteiger partial charge in [0.1, 0.15) is 5.69 Å². The summed E-state index contributed by atoms with van der Waals surface area (Å²) in [6, 6.07) is 5.25. The van der Waals surface area contributed by atoms with Crippen molar-refractivity contribution >= 4 is 27.3 Å². The van der Waals surface area contributed by atoms with Crippen molar-refractivity contribution in [3.63, 3.8) is 0 Å². The number of rotatable bonds is 9. The van der Waals surface area contributed by atoms with Gasteiger partial charge >= 0.3 is 0 Å². The van der Waals surface area contributed by atoms with Gasteiger partial charge in [-0.3, -0.25) is 10.1 Å². The Labute approximate surface area is 126 Å². The second-order valence-electron chi connectivity index (χ2n) is 4.19. The summed E-state index contributed by atoms with van der Waals surface area (Å²) in [7, 11) is 3.22. The monoisotopic (exact) mass is 346 g/mol. The highest BCUT2D eigenvalue weighted by atomic mass is 79.9. The van der Waals surface area contributed by atoms with E-state index in [1.807, 2.05) is 11.0 Å². The van der Waals surface area contributed by atoms with Crippen LogP contribution in [0.5, 0.6) is 0 Å². The number of nitrogens with zero attached hydrogens (tertiary/aromatic N) is 2. The van der Waals surface area contributed by atoms with E-state index in [9.17, 15) is 10.1 Å². The number of anilines is 1. The van der Waals surface area contributed by atoms with Crippen LogP contribution in [0.3, 0.4) is 0 Å². The molecule has 1 rings (SSSR count). The molecule has 1 aromatic carbocycles. The molecule has 0 unspecified atom stereocenters. The lowest BCUT2D eigenvalue weighted by Crippen LogP contribution is -2.31. The average molecular weight is 347 g/mol. The van der Waals surface area contributed by atoms with Crippen LogP contribution in [-0.4, -0.2) is 45.4 Å². The Hall–Kier alpha value is -1.18. The molecule has 0 bridgehead atoms. The Balaban J connectivity index is 3.06. The van der Waals surface area contributed by atoms with E-state index >= 15 is 0 Å². The van der Waals surface area contributed by atoms with Crippen LogP contribution < -0.4 is 4.90 Å². The molecule has 0 radical (unpaired) electrons. The Bertz CT molecular complexity index is 434. The van der Waals surface area contributed by atoms with Crippen molar-refractivity contribution in [2.75, 3.05) is 45.4 Å². The molecule has 7 heteroatoms. The van der Waals surface area contributed by atoms with Crippen LogP contribution in [0.15, 0.2) is 18.2 Å². The molecule has 0 saturated carbocycles. The summed E-state index contributed by atoms with van der Waals surface area (Å²) in [5, 5.41) is 11.8. The third-order valence-electron chi connectivity index (χ3n) is 2.86. The molecular formula is C13H19BrN2O4. The summed E-state index contributed by atoms with van der Waals surface area (Å²) in [6.45, 7) is 2.16. The zero-order chi connectivity index (χ0) is 15.0. The molecule has 1 aromatic rings. The van der Waals surface area contributed by atoms with Crippen molar-refractivity contribution in [2.45, 2.75) is 5.33 Å². The van der Waals surface area contributed by atoms with E-state index in [1.54, 1.807) is 26.4 Å². The predicted octanol–water partition coefficient (Wildman–Crippen LogP) is 2.59. The first-order valence-corrected chi connectivity index (χ1v) is 7.32. The fraction of sp³-hybridized carbons (Fsp3) is 0.538. The Morgan fingerprint density at radius 2 is 1.85 bits per heavy atom. The third kappa shape index (κ3) is 4.73. The minimum Gasteiger partial charge on any atom is -0.383 e. The molecule has 0 fully saturated rings. The number of alkyl halides is 1. The van der Waals surface area contributed by atoms with Gasteiger partial charge in [0.2, 0.25) is 0 Å². The standard InChI is InChI=1S/C13H19BrN2O4/c1-19-7-5-15(6-8-20-2)12-4-3-11(10-14)9-13(12)16(17)18/h3-4,9H,5-8,10H2,1-2H3. The first-order valence-electron chi connectivity index (χ1n) is 6.20. The van der Waals surface area contributed by atoms with Crippen LogP contribution in [0.25, 0.3) is 0 Å². The SMILES string of the molecule is COCCN(CCOC)c1ccc(CBr)cc1[N+](=O)[O-]. The van der Waals surface area contributed by atoms with Crippen LogP contribution in [-0.2, 0) is 14.8 Å². The molecule has 0 aliphatic heterocycles. The minimum atomic E-state index is -0.353. The zero-order valence-electron chi connectivity index (χ0n) is 11.7. The van der Waals surface area contributed by atoms with Gasteiger partial charge in [0.15, 0.2) is 0 Å². The Morgan fingerprint density at radius 1 is 1.25 bits per heavy atom. The van der Waals surface area contributed by atoms with E-state index in [4.69, 9.17) is 9.47 Å². The van der Waals surface area contributed by atoms with Gasteiger partial charge in [-0.15, -0.1) is 0 Å². The van der Waals surface area contributed by atoms with Gasteiger partial charge in [-0.05, 0) is 11.6 Å². The minimum absolute atomic E-state index is 0.106. The number of nitro benzene ring substituents is 1. The Morgan fingerprint density at radius 3 is 2.30 bits per heavy atom. The lowest BCUT2D eigenvalue weighted by Gasteiger charge is -2.24. The van der Waals surface area contributed by atoms with Crippen LogP contribution in [0.2, 0.25) is 0 Å². The highest BCUT2D eigenvalue weighted by Crippen LogP contribution is 2.29. The molecule has 0 aliphatic rings. The van der Waals surface area contributed by atoms with Crippen molar-refractivity contribution in [3.05, 3.63) is 33.9 Å². The lowest BCUT2D eigenvalue weighted by molar-refractivity contribution is -0.384. The molecule has 20 heavy (non-hydrogen) atoms. The highest BCUT2D eigenvalue weighted by Gasteiger charge is 2.19. The lowest BCUT2D eigenvalue weighted by atomic mass is 10.1. The molecule has 0 aliphatic carbocycles. The maximum absolute atomic E-state index is 11.2. The quantitative estimate of drug-likeness (QED) is 0.390. The number of benzene rings is 1. The van der Waals surface area contributed by atoms with Crippen molar-refractivity contribution in [1.82, 2.24) is 0 Å². The molecule has 6 nitrogen and oxygen atoms in total.